The third-order valence-corrected chi connectivity index (χ3v) is 5.81. The Balaban J connectivity index is 1.50. The fourth-order valence-corrected chi connectivity index (χ4v) is 4.42. The number of anilines is 1. The molecule has 2 fully saturated rings. The summed E-state index contributed by atoms with van der Waals surface area (Å²) in [4.78, 5) is 16.3. The Labute approximate surface area is 178 Å². The van der Waals surface area contributed by atoms with Gasteiger partial charge in [-0.2, -0.15) is 26.3 Å². The molecule has 3 atom stereocenters. The van der Waals surface area contributed by atoms with E-state index in [9.17, 15) is 36.5 Å². The molecule has 2 saturated heterocycles. The van der Waals surface area contributed by atoms with Crippen LogP contribution in [-0.2, 0) is 12.4 Å². The number of piperidine rings is 1. The number of hydrogen-bond acceptors (Lipinski definition) is 5. The van der Waals surface area contributed by atoms with E-state index in [4.69, 9.17) is 4.74 Å². The Bertz CT molecular complexity index is 995. The lowest BCUT2D eigenvalue weighted by molar-refractivity contribution is -0.386. The Morgan fingerprint density at radius 1 is 0.969 bits per heavy atom. The summed E-state index contributed by atoms with van der Waals surface area (Å²) < 4.78 is 82.8. The number of nitrogens with zero attached hydrogens (tertiary/aromatic N) is 3. The van der Waals surface area contributed by atoms with Gasteiger partial charge >= 0.3 is 18.0 Å². The largest absolute Gasteiger partial charge is 0.483 e. The normalized spacial score (nSPS) is 23.3. The van der Waals surface area contributed by atoms with E-state index in [2.05, 4.69) is 4.98 Å². The van der Waals surface area contributed by atoms with Crippen LogP contribution in [0.1, 0.15) is 36.8 Å². The SMILES string of the molecule is O=[N+]([O-])c1cc(C(F)(F)F)ccc1O[C@H]1C[C@H]2CC[C@@H](C1)N2c1ccc(C(F)(F)F)cn1. The maximum atomic E-state index is 12.9. The van der Waals surface area contributed by atoms with E-state index < -0.39 is 40.2 Å². The molecule has 0 amide bonds. The maximum absolute atomic E-state index is 12.9. The molecular formula is C20H17F6N3O3. The molecule has 0 unspecified atom stereocenters. The van der Waals surface area contributed by atoms with E-state index in [0.29, 0.717) is 24.7 Å². The van der Waals surface area contributed by atoms with Crippen molar-refractivity contribution in [3.8, 4) is 5.75 Å². The molecule has 32 heavy (non-hydrogen) atoms. The summed E-state index contributed by atoms with van der Waals surface area (Å²) in [7, 11) is 0. The molecule has 2 aromatic rings. The van der Waals surface area contributed by atoms with Crippen LogP contribution in [0.2, 0.25) is 0 Å². The number of benzene rings is 1. The zero-order valence-corrected chi connectivity index (χ0v) is 16.4. The van der Waals surface area contributed by atoms with Gasteiger partial charge in [0.05, 0.1) is 16.1 Å². The second kappa shape index (κ2) is 7.82. The van der Waals surface area contributed by atoms with Gasteiger partial charge in [0.25, 0.3) is 0 Å². The number of alkyl halides is 6. The van der Waals surface area contributed by atoms with Gasteiger partial charge in [0.15, 0.2) is 5.75 Å². The highest BCUT2D eigenvalue weighted by Crippen LogP contribution is 2.42. The first-order valence-corrected chi connectivity index (χ1v) is 9.77. The van der Waals surface area contributed by atoms with Crippen molar-refractivity contribution in [1.82, 2.24) is 4.98 Å². The Morgan fingerprint density at radius 2 is 1.56 bits per heavy atom. The molecule has 1 aromatic heterocycles. The first-order valence-electron chi connectivity index (χ1n) is 9.77. The van der Waals surface area contributed by atoms with Crippen LogP contribution in [-0.4, -0.2) is 28.1 Å². The summed E-state index contributed by atoms with van der Waals surface area (Å²) in [6.45, 7) is 0. The molecule has 172 valence electrons. The second-order valence-electron chi connectivity index (χ2n) is 7.84. The summed E-state index contributed by atoms with van der Waals surface area (Å²) in [5.74, 6) is 0.165. The van der Waals surface area contributed by atoms with E-state index >= 15 is 0 Å². The second-order valence-corrected chi connectivity index (χ2v) is 7.84. The Kier molecular flexibility index (Phi) is 5.41. The summed E-state index contributed by atoms with van der Waals surface area (Å²) in [6, 6.07) is 4.22. The van der Waals surface area contributed by atoms with Crippen molar-refractivity contribution in [3.05, 3.63) is 57.8 Å². The van der Waals surface area contributed by atoms with E-state index in [1.807, 2.05) is 4.90 Å². The van der Waals surface area contributed by atoms with Gasteiger partial charge in [0.2, 0.25) is 0 Å². The molecule has 2 aliphatic rings. The monoisotopic (exact) mass is 461 g/mol. The number of fused-ring (bicyclic) bond motifs is 2. The zero-order valence-electron chi connectivity index (χ0n) is 16.4. The number of hydrogen-bond donors (Lipinski definition) is 0. The quantitative estimate of drug-likeness (QED) is 0.337. The van der Waals surface area contributed by atoms with Crippen molar-refractivity contribution in [3.63, 3.8) is 0 Å². The van der Waals surface area contributed by atoms with E-state index in [0.717, 1.165) is 37.2 Å². The van der Waals surface area contributed by atoms with Crippen LogP contribution >= 0.6 is 0 Å². The van der Waals surface area contributed by atoms with Crippen LogP contribution in [0.25, 0.3) is 0 Å². The summed E-state index contributed by atoms with van der Waals surface area (Å²) in [5.41, 5.74) is -2.75. The highest BCUT2D eigenvalue weighted by atomic mass is 19.4. The highest BCUT2D eigenvalue weighted by Gasteiger charge is 2.43. The highest BCUT2D eigenvalue weighted by molar-refractivity contribution is 5.50. The van der Waals surface area contributed by atoms with Gasteiger partial charge < -0.3 is 9.64 Å². The van der Waals surface area contributed by atoms with Gasteiger partial charge in [-0.15, -0.1) is 0 Å². The minimum absolute atomic E-state index is 0.100. The number of aromatic nitrogens is 1. The average molecular weight is 461 g/mol. The van der Waals surface area contributed by atoms with Gasteiger partial charge in [0, 0.05) is 37.2 Å². The van der Waals surface area contributed by atoms with Crippen molar-refractivity contribution in [2.75, 3.05) is 4.90 Å². The Hall–Kier alpha value is -3.05. The van der Waals surface area contributed by atoms with E-state index in [1.165, 1.54) is 6.07 Å². The average Bonchev–Trinajstić information content (AvgIpc) is 2.97. The summed E-state index contributed by atoms with van der Waals surface area (Å²) in [5, 5.41) is 11.3. The molecule has 0 N–H and O–H groups in total. The minimum atomic E-state index is -4.72. The van der Waals surface area contributed by atoms with Crippen LogP contribution in [0.5, 0.6) is 5.75 Å². The number of halogens is 6. The van der Waals surface area contributed by atoms with Crippen molar-refractivity contribution >= 4 is 11.5 Å². The van der Waals surface area contributed by atoms with Gasteiger partial charge in [-0.25, -0.2) is 4.98 Å². The van der Waals surface area contributed by atoms with Crippen LogP contribution in [0.4, 0.5) is 37.8 Å². The molecule has 0 saturated carbocycles. The molecule has 2 bridgehead atoms. The van der Waals surface area contributed by atoms with Crippen molar-refractivity contribution in [1.29, 1.82) is 0 Å². The third-order valence-electron chi connectivity index (χ3n) is 5.81. The van der Waals surface area contributed by atoms with Gasteiger partial charge in [-0.05, 0) is 37.1 Å². The smallest absolute Gasteiger partial charge is 0.417 e. The molecule has 12 heteroatoms. The topological polar surface area (TPSA) is 68.5 Å². The zero-order chi connectivity index (χ0) is 23.3. The Morgan fingerprint density at radius 3 is 2.06 bits per heavy atom. The maximum Gasteiger partial charge on any atom is 0.417 e. The standard InChI is InChI=1S/C20H17F6N3O3/c21-19(22,23)11-1-5-17(16(7-11)29(30)31)32-15-8-13-3-4-14(9-15)28(13)18-6-2-12(10-27-18)20(24,25)26/h1-2,5-7,10,13-15H,3-4,8-9H2/t13-,14+,15+. The molecule has 6 nitrogen and oxygen atoms in total. The first-order chi connectivity index (χ1) is 14.9. The lowest BCUT2D eigenvalue weighted by atomic mass is 9.99. The van der Waals surface area contributed by atoms with Gasteiger partial charge in [0.1, 0.15) is 11.9 Å². The first kappa shape index (κ1) is 22.2. The van der Waals surface area contributed by atoms with Crippen molar-refractivity contribution in [2.24, 2.45) is 0 Å². The van der Waals surface area contributed by atoms with Crippen LogP contribution < -0.4 is 9.64 Å². The predicted molar refractivity (Wildman–Crippen MR) is 100 cm³/mol. The van der Waals surface area contributed by atoms with Gasteiger partial charge in [-0.1, -0.05) is 0 Å². The molecule has 0 spiro atoms. The molecule has 0 radical (unpaired) electrons. The molecule has 0 aliphatic carbocycles. The fourth-order valence-electron chi connectivity index (χ4n) is 4.42. The third kappa shape index (κ3) is 4.30. The number of ether oxygens (including phenoxy) is 1. The molecule has 1 aromatic carbocycles. The van der Waals surface area contributed by atoms with Crippen molar-refractivity contribution in [2.45, 2.75) is 56.2 Å². The van der Waals surface area contributed by atoms with E-state index in [-0.39, 0.29) is 17.8 Å². The van der Waals surface area contributed by atoms with Crippen LogP contribution in [0.3, 0.4) is 0 Å². The predicted octanol–water partition coefficient (Wildman–Crippen LogP) is 5.61. The molecular weight excluding hydrogens is 444 g/mol. The number of nitro benzene ring substituents is 1. The summed E-state index contributed by atoms with van der Waals surface area (Å²) >= 11 is 0. The number of rotatable bonds is 4. The van der Waals surface area contributed by atoms with E-state index in [1.54, 1.807) is 0 Å². The van der Waals surface area contributed by atoms with Gasteiger partial charge in [-0.3, -0.25) is 10.1 Å². The van der Waals surface area contributed by atoms with Crippen LogP contribution in [0, 0.1) is 10.1 Å². The number of pyridine rings is 1. The molecule has 3 heterocycles. The lowest BCUT2D eigenvalue weighted by Gasteiger charge is -2.39. The fraction of sp³-hybridized carbons (Fsp3) is 0.450. The molecule has 2 aliphatic heterocycles. The summed E-state index contributed by atoms with van der Waals surface area (Å²) in [6.07, 6.45) is -6.60. The van der Waals surface area contributed by atoms with Crippen LogP contribution in [0.15, 0.2) is 36.5 Å². The molecule has 4 rings (SSSR count). The minimum Gasteiger partial charge on any atom is -0.483 e. The number of nitro groups is 1. The van der Waals surface area contributed by atoms with Crippen molar-refractivity contribution < 1.29 is 36.0 Å². The lowest BCUT2D eigenvalue weighted by Crippen LogP contribution is -2.46.